The predicted octanol–water partition coefficient (Wildman–Crippen LogP) is 1.44. The van der Waals surface area contributed by atoms with E-state index in [0.717, 1.165) is 25.2 Å². The molecule has 0 bridgehead atoms. The summed E-state index contributed by atoms with van der Waals surface area (Å²) < 4.78 is 0. The average molecular weight is 282 g/mol. The fraction of sp³-hybridized carbons (Fsp3) is 0.692. The van der Waals surface area contributed by atoms with Crippen molar-refractivity contribution in [3.05, 3.63) is 17.5 Å². The SMILES string of the molecule is CSCCCN1CCC[C@H](c2cc(C(N)=O)n[nH]2)C1. The summed E-state index contributed by atoms with van der Waals surface area (Å²) in [6.45, 7) is 3.39. The molecule has 1 fully saturated rings. The average Bonchev–Trinajstić information content (AvgIpc) is 2.89. The number of carbonyl (C=O) groups is 1. The van der Waals surface area contributed by atoms with Crippen molar-refractivity contribution in [3.8, 4) is 0 Å². The highest BCUT2D eigenvalue weighted by Gasteiger charge is 2.23. The molecule has 6 heteroatoms. The highest BCUT2D eigenvalue weighted by molar-refractivity contribution is 7.98. The molecule has 0 unspecified atom stereocenters. The van der Waals surface area contributed by atoms with Gasteiger partial charge in [0, 0.05) is 18.2 Å². The molecule has 106 valence electrons. The Labute approximate surface area is 118 Å². The molecule has 1 aliphatic heterocycles. The van der Waals surface area contributed by atoms with Gasteiger partial charge in [0.25, 0.3) is 5.91 Å². The van der Waals surface area contributed by atoms with Crippen LogP contribution in [0.2, 0.25) is 0 Å². The highest BCUT2D eigenvalue weighted by atomic mass is 32.2. The lowest BCUT2D eigenvalue weighted by molar-refractivity contribution is 0.0995. The molecule has 0 saturated carbocycles. The van der Waals surface area contributed by atoms with E-state index in [9.17, 15) is 4.79 Å². The molecule has 1 saturated heterocycles. The van der Waals surface area contributed by atoms with Crippen molar-refractivity contribution in [2.45, 2.75) is 25.2 Å². The molecule has 0 aliphatic carbocycles. The molecule has 1 amide bonds. The third-order valence-electron chi connectivity index (χ3n) is 3.62. The second kappa shape index (κ2) is 6.96. The largest absolute Gasteiger partial charge is 0.364 e. The normalized spacial score (nSPS) is 20.6. The number of hydrogen-bond acceptors (Lipinski definition) is 4. The molecule has 3 N–H and O–H groups in total. The highest BCUT2D eigenvalue weighted by Crippen LogP contribution is 2.26. The van der Waals surface area contributed by atoms with Gasteiger partial charge in [-0.2, -0.15) is 16.9 Å². The molecule has 0 radical (unpaired) electrons. The minimum absolute atomic E-state index is 0.342. The first-order chi connectivity index (χ1) is 9.20. The van der Waals surface area contributed by atoms with Crippen molar-refractivity contribution in [1.29, 1.82) is 0 Å². The van der Waals surface area contributed by atoms with Crippen LogP contribution in [0.5, 0.6) is 0 Å². The molecule has 2 heterocycles. The van der Waals surface area contributed by atoms with Crippen LogP contribution in [-0.4, -0.2) is 52.6 Å². The topological polar surface area (TPSA) is 75.0 Å². The maximum atomic E-state index is 11.1. The second-order valence-corrected chi connectivity index (χ2v) is 6.04. The summed E-state index contributed by atoms with van der Waals surface area (Å²) in [5.74, 6) is 1.20. The monoisotopic (exact) mass is 282 g/mol. The van der Waals surface area contributed by atoms with E-state index >= 15 is 0 Å². The summed E-state index contributed by atoms with van der Waals surface area (Å²) in [6.07, 6.45) is 5.74. The van der Waals surface area contributed by atoms with Crippen LogP contribution in [0, 0.1) is 0 Å². The number of hydrogen-bond donors (Lipinski definition) is 2. The molecule has 1 aliphatic rings. The summed E-state index contributed by atoms with van der Waals surface area (Å²) >= 11 is 1.90. The Balaban J connectivity index is 1.90. The maximum absolute atomic E-state index is 11.1. The number of nitrogens with two attached hydrogens (primary N) is 1. The van der Waals surface area contributed by atoms with Gasteiger partial charge in [0.1, 0.15) is 5.69 Å². The number of aromatic amines is 1. The summed E-state index contributed by atoms with van der Waals surface area (Å²) in [6, 6.07) is 1.80. The Bertz CT molecular complexity index is 421. The molecule has 1 aromatic heterocycles. The van der Waals surface area contributed by atoms with E-state index in [1.807, 2.05) is 11.8 Å². The molecular weight excluding hydrogens is 260 g/mol. The minimum atomic E-state index is -0.463. The fourth-order valence-corrected chi connectivity index (χ4v) is 3.03. The van der Waals surface area contributed by atoms with Gasteiger partial charge in [0.2, 0.25) is 0 Å². The van der Waals surface area contributed by atoms with E-state index in [4.69, 9.17) is 5.73 Å². The van der Waals surface area contributed by atoms with Gasteiger partial charge in [-0.1, -0.05) is 0 Å². The quantitative estimate of drug-likeness (QED) is 0.774. The first-order valence-corrected chi connectivity index (χ1v) is 8.16. The number of piperidine rings is 1. The lowest BCUT2D eigenvalue weighted by Crippen LogP contribution is -2.35. The molecule has 1 aromatic rings. The number of rotatable bonds is 6. The van der Waals surface area contributed by atoms with E-state index in [0.29, 0.717) is 11.6 Å². The maximum Gasteiger partial charge on any atom is 0.269 e. The third kappa shape index (κ3) is 3.98. The van der Waals surface area contributed by atoms with Crippen LogP contribution in [0.4, 0.5) is 0 Å². The predicted molar refractivity (Wildman–Crippen MR) is 78.5 cm³/mol. The Morgan fingerprint density at radius 2 is 2.53 bits per heavy atom. The van der Waals surface area contributed by atoms with Crippen molar-refractivity contribution in [1.82, 2.24) is 15.1 Å². The number of thioether (sulfide) groups is 1. The van der Waals surface area contributed by atoms with E-state index in [1.54, 1.807) is 6.07 Å². The van der Waals surface area contributed by atoms with E-state index in [1.165, 1.54) is 25.1 Å². The number of H-pyrrole nitrogens is 1. The number of primary amides is 1. The van der Waals surface area contributed by atoms with Crippen molar-refractivity contribution in [2.75, 3.05) is 31.6 Å². The Kier molecular flexibility index (Phi) is 5.27. The van der Waals surface area contributed by atoms with Crippen LogP contribution in [-0.2, 0) is 0 Å². The standard InChI is InChI=1S/C13H22N4OS/c1-19-7-3-6-17-5-2-4-10(9-17)11-8-12(13(14)18)16-15-11/h8,10H,2-7,9H2,1H3,(H2,14,18)(H,15,16)/t10-/m0/s1. The van der Waals surface area contributed by atoms with Crippen molar-refractivity contribution in [2.24, 2.45) is 5.73 Å². The molecule has 2 rings (SSSR count). The molecule has 0 spiro atoms. The van der Waals surface area contributed by atoms with Crippen molar-refractivity contribution in [3.63, 3.8) is 0 Å². The van der Waals surface area contributed by atoms with Gasteiger partial charge in [-0.15, -0.1) is 0 Å². The van der Waals surface area contributed by atoms with Gasteiger partial charge < -0.3 is 10.6 Å². The van der Waals surface area contributed by atoms with Crippen molar-refractivity contribution < 1.29 is 4.79 Å². The van der Waals surface area contributed by atoms with Gasteiger partial charge in [-0.3, -0.25) is 9.89 Å². The lowest BCUT2D eigenvalue weighted by atomic mass is 9.94. The zero-order chi connectivity index (χ0) is 13.7. The number of amides is 1. The van der Waals surface area contributed by atoms with Crippen LogP contribution >= 0.6 is 11.8 Å². The van der Waals surface area contributed by atoms with Crippen LogP contribution in [0.1, 0.15) is 41.4 Å². The van der Waals surface area contributed by atoms with Crippen LogP contribution in [0.25, 0.3) is 0 Å². The molecule has 5 nitrogen and oxygen atoms in total. The smallest absolute Gasteiger partial charge is 0.269 e. The molecular formula is C13H22N4OS. The van der Waals surface area contributed by atoms with E-state index < -0.39 is 5.91 Å². The van der Waals surface area contributed by atoms with Crippen LogP contribution < -0.4 is 5.73 Å². The molecule has 0 aromatic carbocycles. The zero-order valence-corrected chi connectivity index (χ0v) is 12.2. The lowest BCUT2D eigenvalue weighted by Gasteiger charge is -2.32. The van der Waals surface area contributed by atoms with Gasteiger partial charge in [-0.25, -0.2) is 0 Å². The minimum Gasteiger partial charge on any atom is -0.364 e. The summed E-state index contributed by atoms with van der Waals surface area (Å²) in [7, 11) is 0. The fourth-order valence-electron chi connectivity index (χ4n) is 2.62. The van der Waals surface area contributed by atoms with E-state index in [-0.39, 0.29) is 0 Å². The summed E-state index contributed by atoms with van der Waals surface area (Å²) in [4.78, 5) is 13.6. The van der Waals surface area contributed by atoms with Crippen LogP contribution in [0.15, 0.2) is 6.07 Å². The van der Waals surface area contributed by atoms with Crippen LogP contribution in [0.3, 0.4) is 0 Å². The van der Waals surface area contributed by atoms with E-state index in [2.05, 4.69) is 21.4 Å². The third-order valence-corrected chi connectivity index (χ3v) is 4.32. The van der Waals surface area contributed by atoms with Gasteiger partial charge in [0.05, 0.1) is 0 Å². The number of likely N-dealkylation sites (tertiary alicyclic amines) is 1. The summed E-state index contributed by atoms with van der Waals surface area (Å²) in [5, 5.41) is 6.93. The van der Waals surface area contributed by atoms with Crippen molar-refractivity contribution >= 4 is 17.7 Å². The number of aromatic nitrogens is 2. The van der Waals surface area contributed by atoms with Gasteiger partial charge in [-0.05, 0) is 50.4 Å². The zero-order valence-electron chi connectivity index (χ0n) is 11.4. The summed E-state index contributed by atoms with van der Waals surface area (Å²) in [5.41, 5.74) is 6.62. The Hall–Kier alpha value is -1.01. The van der Waals surface area contributed by atoms with Gasteiger partial charge in [0.15, 0.2) is 0 Å². The first kappa shape index (κ1) is 14.4. The molecule has 1 atom stereocenters. The molecule has 19 heavy (non-hydrogen) atoms. The Morgan fingerprint density at radius 3 is 3.21 bits per heavy atom. The number of nitrogens with one attached hydrogen (secondary N) is 1. The van der Waals surface area contributed by atoms with Gasteiger partial charge >= 0.3 is 0 Å². The number of carbonyl (C=O) groups excluding carboxylic acids is 1. The second-order valence-electron chi connectivity index (χ2n) is 5.06. The first-order valence-electron chi connectivity index (χ1n) is 6.77. The number of nitrogens with zero attached hydrogens (tertiary/aromatic N) is 2. The Morgan fingerprint density at radius 1 is 1.68 bits per heavy atom.